The standard InChI is InChI=1S/C14H16N8O2S/c23-12(8-25-14-17-13(24)18-19-14)21-5-3-9(7-21)16-10-1-2-11-15-4-6-22(11)20-10/h1-2,4,6,9H,3,5,7-8H2,(H,16,20)(H2,17,18,19,24)/t9-/m0/s1. The number of rotatable bonds is 5. The zero-order valence-electron chi connectivity index (χ0n) is 13.2. The van der Waals surface area contributed by atoms with Gasteiger partial charge in [-0.3, -0.25) is 9.78 Å². The molecule has 0 bridgehead atoms. The maximum atomic E-state index is 12.3. The molecule has 0 unspecified atom stereocenters. The summed E-state index contributed by atoms with van der Waals surface area (Å²) in [5, 5.41) is 14.3. The zero-order chi connectivity index (χ0) is 17.2. The smallest absolute Gasteiger partial charge is 0.341 e. The van der Waals surface area contributed by atoms with Crippen LogP contribution in [0.1, 0.15) is 6.42 Å². The van der Waals surface area contributed by atoms with Gasteiger partial charge in [0.2, 0.25) is 5.91 Å². The molecule has 4 rings (SSSR count). The highest BCUT2D eigenvalue weighted by atomic mass is 32.2. The number of amides is 1. The average molecular weight is 360 g/mol. The maximum Gasteiger partial charge on any atom is 0.341 e. The van der Waals surface area contributed by atoms with Gasteiger partial charge in [-0.15, -0.1) is 10.2 Å². The average Bonchev–Trinajstić information content (AvgIpc) is 3.33. The molecule has 0 aromatic carbocycles. The fourth-order valence-electron chi connectivity index (χ4n) is 2.75. The minimum absolute atomic E-state index is 0.0242. The van der Waals surface area contributed by atoms with Gasteiger partial charge >= 0.3 is 5.69 Å². The Bertz CT molecular complexity index is 947. The van der Waals surface area contributed by atoms with Crippen LogP contribution >= 0.6 is 11.8 Å². The van der Waals surface area contributed by atoms with Gasteiger partial charge in [-0.25, -0.2) is 19.4 Å². The van der Waals surface area contributed by atoms with Crippen LogP contribution < -0.4 is 11.0 Å². The molecule has 3 aromatic rings. The number of carbonyl (C=O) groups excluding carboxylic acids is 1. The summed E-state index contributed by atoms with van der Waals surface area (Å²) < 4.78 is 1.71. The second-order valence-electron chi connectivity index (χ2n) is 5.69. The first-order valence-corrected chi connectivity index (χ1v) is 8.78. The van der Waals surface area contributed by atoms with Crippen molar-refractivity contribution in [2.75, 3.05) is 24.2 Å². The van der Waals surface area contributed by atoms with Crippen molar-refractivity contribution >= 4 is 29.1 Å². The lowest BCUT2D eigenvalue weighted by atomic mass is 10.2. The predicted octanol–water partition coefficient (Wildman–Crippen LogP) is -0.0542. The monoisotopic (exact) mass is 360 g/mol. The number of nitrogens with one attached hydrogen (secondary N) is 3. The molecule has 0 spiro atoms. The molecule has 1 saturated heterocycles. The molecule has 4 heterocycles. The van der Waals surface area contributed by atoms with Crippen LogP contribution in [0.2, 0.25) is 0 Å². The Balaban J connectivity index is 1.31. The van der Waals surface area contributed by atoms with E-state index in [9.17, 15) is 9.59 Å². The summed E-state index contributed by atoms with van der Waals surface area (Å²) in [7, 11) is 0. The number of thioether (sulfide) groups is 1. The maximum absolute atomic E-state index is 12.3. The van der Waals surface area contributed by atoms with Crippen LogP contribution in [0.4, 0.5) is 5.82 Å². The number of aromatic amines is 2. The Morgan fingerprint density at radius 1 is 1.44 bits per heavy atom. The summed E-state index contributed by atoms with van der Waals surface area (Å²) in [6.07, 6.45) is 4.35. The summed E-state index contributed by atoms with van der Waals surface area (Å²) in [5.74, 6) is 1.02. The topological polar surface area (TPSA) is 124 Å². The molecule has 1 atom stereocenters. The highest BCUT2D eigenvalue weighted by Crippen LogP contribution is 2.17. The van der Waals surface area contributed by atoms with Crippen LogP contribution in [-0.4, -0.2) is 65.5 Å². The van der Waals surface area contributed by atoms with Crippen LogP contribution in [0.5, 0.6) is 0 Å². The third kappa shape index (κ3) is 3.50. The summed E-state index contributed by atoms with van der Waals surface area (Å²) in [5.41, 5.74) is 0.421. The molecular formula is C14H16N8O2S. The lowest BCUT2D eigenvalue weighted by molar-refractivity contribution is -0.127. The first-order chi connectivity index (χ1) is 12.2. The minimum Gasteiger partial charge on any atom is -0.364 e. The molecule has 0 radical (unpaired) electrons. The summed E-state index contributed by atoms with van der Waals surface area (Å²) >= 11 is 1.21. The molecule has 11 heteroatoms. The van der Waals surface area contributed by atoms with Crippen molar-refractivity contribution in [3.05, 3.63) is 35.0 Å². The first kappa shape index (κ1) is 15.7. The Labute approximate surface area is 146 Å². The van der Waals surface area contributed by atoms with E-state index in [1.807, 2.05) is 17.0 Å². The highest BCUT2D eigenvalue weighted by molar-refractivity contribution is 7.99. The molecule has 3 aromatic heterocycles. The van der Waals surface area contributed by atoms with Crippen molar-refractivity contribution in [1.82, 2.24) is 34.7 Å². The van der Waals surface area contributed by atoms with E-state index in [0.29, 0.717) is 18.2 Å². The molecule has 1 aliphatic rings. The zero-order valence-corrected chi connectivity index (χ0v) is 14.0. The number of likely N-dealkylation sites (tertiary alicyclic amines) is 1. The van der Waals surface area contributed by atoms with Crippen LogP contribution in [0.3, 0.4) is 0 Å². The highest BCUT2D eigenvalue weighted by Gasteiger charge is 2.26. The molecule has 3 N–H and O–H groups in total. The van der Waals surface area contributed by atoms with E-state index in [1.165, 1.54) is 11.8 Å². The van der Waals surface area contributed by atoms with Gasteiger partial charge in [0.15, 0.2) is 10.8 Å². The van der Waals surface area contributed by atoms with Crippen molar-refractivity contribution < 1.29 is 4.79 Å². The van der Waals surface area contributed by atoms with Crippen LogP contribution in [0, 0.1) is 0 Å². The van der Waals surface area contributed by atoms with Gasteiger partial charge < -0.3 is 10.2 Å². The van der Waals surface area contributed by atoms with Crippen molar-refractivity contribution in [3.8, 4) is 0 Å². The van der Waals surface area contributed by atoms with Crippen LogP contribution in [0.15, 0.2) is 34.5 Å². The summed E-state index contributed by atoms with van der Waals surface area (Å²) in [6.45, 7) is 1.32. The van der Waals surface area contributed by atoms with Gasteiger partial charge in [0.05, 0.1) is 5.75 Å². The number of anilines is 1. The van der Waals surface area contributed by atoms with Crippen LogP contribution in [0.25, 0.3) is 5.65 Å². The van der Waals surface area contributed by atoms with Crippen molar-refractivity contribution in [2.24, 2.45) is 0 Å². The second kappa shape index (κ2) is 6.59. The largest absolute Gasteiger partial charge is 0.364 e. The third-order valence-corrected chi connectivity index (χ3v) is 4.82. The molecule has 0 aliphatic carbocycles. The van der Waals surface area contributed by atoms with Crippen molar-refractivity contribution in [1.29, 1.82) is 0 Å². The van der Waals surface area contributed by atoms with Crippen LogP contribution in [-0.2, 0) is 4.79 Å². The van der Waals surface area contributed by atoms with E-state index >= 15 is 0 Å². The number of carbonyl (C=O) groups is 1. The molecule has 0 saturated carbocycles. The van der Waals surface area contributed by atoms with Gasteiger partial charge in [0.25, 0.3) is 0 Å². The fraction of sp³-hybridized carbons (Fsp3) is 0.357. The predicted molar refractivity (Wildman–Crippen MR) is 91.5 cm³/mol. The van der Waals surface area contributed by atoms with Gasteiger partial charge in [0.1, 0.15) is 5.82 Å². The van der Waals surface area contributed by atoms with Gasteiger partial charge in [-0.2, -0.15) is 0 Å². The lowest BCUT2D eigenvalue weighted by Gasteiger charge is -2.17. The van der Waals surface area contributed by atoms with Gasteiger partial charge in [0, 0.05) is 31.5 Å². The molecule has 1 aliphatic heterocycles. The van der Waals surface area contributed by atoms with E-state index in [0.717, 1.165) is 17.9 Å². The summed E-state index contributed by atoms with van der Waals surface area (Å²) in [4.78, 5) is 31.7. The molecule has 25 heavy (non-hydrogen) atoms. The number of hydrogen-bond donors (Lipinski definition) is 3. The number of hydrogen-bond acceptors (Lipinski definition) is 7. The van der Waals surface area contributed by atoms with E-state index in [4.69, 9.17) is 0 Å². The molecule has 1 amide bonds. The normalized spacial score (nSPS) is 17.3. The Kier molecular flexibility index (Phi) is 4.14. The molecule has 1 fully saturated rings. The molecular weight excluding hydrogens is 344 g/mol. The second-order valence-corrected chi connectivity index (χ2v) is 6.65. The number of aromatic nitrogens is 6. The van der Waals surface area contributed by atoms with Gasteiger partial charge in [-0.05, 0) is 18.6 Å². The quantitative estimate of drug-likeness (QED) is 0.545. The van der Waals surface area contributed by atoms with Crippen molar-refractivity contribution in [2.45, 2.75) is 17.6 Å². The Morgan fingerprint density at radius 3 is 3.20 bits per heavy atom. The Morgan fingerprint density at radius 2 is 2.36 bits per heavy atom. The third-order valence-electron chi connectivity index (χ3n) is 3.96. The van der Waals surface area contributed by atoms with E-state index in [-0.39, 0.29) is 23.4 Å². The number of H-pyrrole nitrogens is 2. The number of imidazole rings is 1. The number of nitrogens with zero attached hydrogens (tertiary/aromatic N) is 5. The first-order valence-electron chi connectivity index (χ1n) is 7.79. The van der Waals surface area contributed by atoms with Gasteiger partial charge in [-0.1, -0.05) is 11.8 Å². The SMILES string of the molecule is O=C(CSc1n[nH]c(=O)[nH]1)N1CC[C@H](Nc2ccc3nccn3n2)C1. The van der Waals surface area contributed by atoms with E-state index < -0.39 is 0 Å². The van der Waals surface area contributed by atoms with E-state index in [2.05, 4.69) is 30.6 Å². The molecule has 130 valence electrons. The number of fused-ring (bicyclic) bond motifs is 1. The van der Waals surface area contributed by atoms with Crippen molar-refractivity contribution in [3.63, 3.8) is 0 Å². The lowest BCUT2D eigenvalue weighted by Crippen LogP contribution is -2.33. The summed E-state index contributed by atoms with van der Waals surface area (Å²) in [6, 6.07) is 3.94. The minimum atomic E-state index is -0.372. The molecule has 10 nitrogen and oxygen atoms in total. The van der Waals surface area contributed by atoms with E-state index in [1.54, 1.807) is 16.9 Å². The Hall–Kier alpha value is -2.82. The fourth-order valence-corrected chi connectivity index (χ4v) is 3.47.